The summed E-state index contributed by atoms with van der Waals surface area (Å²) in [6.45, 7) is 3.80. The predicted molar refractivity (Wildman–Crippen MR) is 156 cm³/mol. The number of aryl methyl sites for hydroxylation is 1. The minimum absolute atomic E-state index is 0. The van der Waals surface area contributed by atoms with Crippen LogP contribution in [0, 0.1) is 6.92 Å². The third-order valence-corrected chi connectivity index (χ3v) is 7.46. The number of nitrogens with zero attached hydrogens (tertiary/aromatic N) is 3. The topological polar surface area (TPSA) is 118 Å². The second-order valence-electron chi connectivity index (χ2n) is 9.24. The fourth-order valence-electron chi connectivity index (χ4n) is 4.29. The van der Waals surface area contributed by atoms with Gasteiger partial charge in [-0.25, -0.2) is 23.4 Å². The van der Waals surface area contributed by atoms with Crippen LogP contribution in [-0.2, 0) is 15.8 Å². The van der Waals surface area contributed by atoms with Crippen LogP contribution >= 0.6 is 12.4 Å². The molecule has 0 aliphatic carbocycles. The van der Waals surface area contributed by atoms with E-state index in [2.05, 4.69) is 25.3 Å². The molecule has 39 heavy (non-hydrogen) atoms. The van der Waals surface area contributed by atoms with Gasteiger partial charge in [0, 0.05) is 31.0 Å². The second kappa shape index (κ2) is 12.9. The van der Waals surface area contributed by atoms with Gasteiger partial charge in [-0.1, -0.05) is 36.4 Å². The smallest absolute Gasteiger partial charge is 0.236 e. The number of hydrogen-bond donors (Lipinski definition) is 3. The average Bonchev–Trinajstić information content (AvgIpc) is 2.92. The number of benzene rings is 2. The lowest BCUT2D eigenvalue weighted by Gasteiger charge is -2.23. The zero-order valence-electron chi connectivity index (χ0n) is 21.5. The maximum absolute atomic E-state index is 12.7. The van der Waals surface area contributed by atoms with Gasteiger partial charge in [-0.05, 0) is 61.7 Å². The lowest BCUT2D eigenvalue weighted by Crippen LogP contribution is -2.38. The number of rotatable bonds is 9. The van der Waals surface area contributed by atoms with Crippen molar-refractivity contribution in [1.29, 1.82) is 0 Å². The lowest BCUT2D eigenvalue weighted by atomic mass is 10.1. The summed E-state index contributed by atoms with van der Waals surface area (Å²) in [6.07, 6.45) is 5.53. The number of hydrogen-bond acceptors (Lipinski definition) is 8. The summed E-state index contributed by atoms with van der Waals surface area (Å²) in [5.41, 5.74) is 3.33. The van der Waals surface area contributed by atoms with Crippen molar-refractivity contribution in [2.75, 3.05) is 23.1 Å². The van der Waals surface area contributed by atoms with Crippen molar-refractivity contribution in [3.8, 4) is 22.9 Å². The molecule has 0 spiro atoms. The largest absolute Gasteiger partial charge is 0.438 e. The molecule has 0 unspecified atom stereocenters. The third kappa shape index (κ3) is 7.66. The van der Waals surface area contributed by atoms with Gasteiger partial charge in [0.25, 0.3) is 0 Å². The monoisotopic (exact) mass is 566 g/mol. The summed E-state index contributed by atoms with van der Waals surface area (Å²) >= 11 is 0. The summed E-state index contributed by atoms with van der Waals surface area (Å²) in [6, 6.07) is 20.0. The van der Waals surface area contributed by atoms with E-state index >= 15 is 0 Å². The number of anilines is 2. The molecule has 1 aliphatic rings. The molecule has 1 atom stereocenters. The van der Waals surface area contributed by atoms with Crippen LogP contribution in [0.2, 0.25) is 0 Å². The van der Waals surface area contributed by atoms with Crippen LogP contribution in [0.1, 0.15) is 24.0 Å². The Morgan fingerprint density at radius 3 is 2.67 bits per heavy atom. The van der Waals surface area contributed by atoms with Crippen LogP contribution in [0.25, 0.3) is 11.3 Å². The first-order valence-corrected chi connectivity index (χ1v) is 14.2. The first-order chi connectivity index (χ1) is 18.4. The van der Waals surface area contributed by atoms with E-state index in [0.29, 0.717) is 40.1 Å². The van der Waals surface area contributed by atoms with Gasteiger partial charge >= 0.3 is 0 Å². The highest BCUT2D eigenvalue weighted by Gasteiger charge is 2.17. The van der Waals surface area contributed by atoms with Crippen molar-refractivity contribution in [2.45, 2.75) is 31.6 Å². The molecule has 3 N–H and O–H groups in total. The number of pyridine rings is 1. The number of piperidine rings is 1. The second-order valence-corrected chi connectivity index (χ2v) is 11.0. The van der Waals surface area contributed by atoms with Crippen LogP contribution in [0.5, 0.6) is 11.6 Å². The van der Waals surface area contributed by atoms with Gasteiger partial charge in [0.2, 0.25) is 21.9 Å². The fourth-order valence-corrected chi connectivity index (χ4v) is 5.48. The zero-order chi connectivity index (χ0) is 26.4. The molecule has 204 valence electrons. The molecule has 0 bridgehead atoms. The molecule has 11 heteroatoms. The summed E-state index contributed by atoms with van der Waals surface area (Å²) in [5, 5.41) is 6.79. The molecule has 9 nitrogen and oxygen atoms in total. The van der Waals surface area contributed by atoms with E-state index in [1.807, 2.05) is 49.4 Å². The number of ether oxygens (including phenoxy) is 1. The van der Waals surface area contributed by atoms with E-state index in [1.54, 1.807) is 36.7 Å². The first kappa shape index (κ1) is 28.3. The van der Waals surface area contributed by atoms with E-state index < -0.39 is 10.0 Å². The SMILES string of the molecule is Cc1ccc(NS(=O)(=O)Cc2ccccc2)cc1Oc1ncccc1-c1ccnc(N[C@H]2CCCNC2)n1.Cl. The van der Waals surface area contributed by atoms with Gasteiger partial charge in [0.1, 0.15) is 5.75 Å². The highest BCUT2D eigenvalue weighted by atomic mass is 35.5. The Bertz CT molecular complexity index is 1500. The van der Waals surface area contributed by atoms with Crippen LogP contribution in [0.3, 0.4) is 0 Å². The lowest BCUT2D eigenvalue weighted by molar-refractivity contribution is 0.461. The predicted octanol–water partition coefficient (Wildman–Crippen LogP) is 5.17. The Balaban J connectivity index is 0.00000353. The molecule has 4 aromatic rings. The minimum atomic E-state index is -3.61. The average molecular weight is 567 g/mol. The van der Waals surface area contributed by atoms with Crippen molar-refractivity contribution in [3.63, 3.8) is 0 Å². The number of halogens is 1. The molecule has 0 radical (unpaired) electrons. The summed E-state index contributed by atoms with van der Waals surface area (Å²) in [5.74, 6) is 1.29. The summed E-state index contributed by atoms with van der Waals surface area (Å²) in [4.78, 5) is 13.5. The molecule has 0 amide bonds. The Morgan fingerprint density at radius 1 is 1.03 bits per heavy atom. The van der Waals surface area contributed by atoms with Gasteiger partial charge in [-0.3, -0.25) is 4.72 Å². The molecule has 5 rings (SSSR count). The maximum atomic E-state index is 12.7. The summed E-state index contributed by atoms with van der Waals surface area (Å²) in [7, 11) is -3.61. The molecule has 1 aliphatic heterocycles. The first-order valence-electron chi connectivity index (χ1n) is 12.5. The molecular formula is C28H31ClN6O3S. The van der Waals surface area contributed by atoms with Gasteiger partial charge in [-0.2, -0.15) is 0 Å². The number of nitrogens with one attached hydrogen (secondary N) is 3. The zero-order valence-corrected chi connectivity index (χ0v) is 23.1. The van der Waals surface area contributed by atoms with Crippen molar-refractivity contribution in [2.24, 2.45) is 0 Å². The fraction of sp³-hybridized carbons (Fsp3) is 0.250. The maximum Gasteiger partial charge on any atom is 0.236 e. The van der Waals surface area contributed by atoms with Crippen LogP contribution in [-0.4, -0.2) is 42.5 Å². The van der Waals surface area contributed by atoms with Crippen LogP contribution < -0.4 is 20.1 Å². The Labute approximate surface area is 234 Å². The van der Waals surface area contributed by atoms with Gasteiger partial charge in [-0.15, -0.1) is 12.4 Å². The van der Waals surface area contributed by atoms with Crippen molar-refractivity contribution < 1.29 is 13.2 Å². The molecule has 2 aromatic heterocycles. The molecule has 2 aromatic carbocycles. The molecular weight excluding hydrogens is 536 g/mol. The Hall–Kier alpha value is -3.73. The highest BCUT2D eigenvalue weighted by Crippen LogP contribution is 2.33. The van der Waals surface area contributed by atoms with E-state index in [0.717, 1.165) is 31.5 Å². The van der Waals surface area contributed by atoms with Crippen molar-refractivity contribution in [3.05, 3.63) is 90.3 Å². The third-order valence-electron chi connectivity index (χ3n) is 6.20. The highest BCUT2D eigenvalue weighted by molar-refractivity contribution is 7.91. The van der Waals surface area contributed by atoms with E-state index in [-0.39, 0.29) is 24.2 Å². The van der Waals surface area contributed by atoms with Crippen LogP contribution in [0.15, 0.2) is 79.1 Å². The number of sulfonamides is 1. The quantitative estimate of drug-likeness (QED) is 0.254. The molecule has 1 fully saturated rings. The Kier molecular flexibility index (Phi) is 9.34. The molecule has 0 saturated carbocycles. The summed E-state index contributed by atoms with van der Waals surface area (Å²) < 4.78 is 34.4. The van der Waals surface area contributed by atoms with Gasteiger partial charge in [0.15, 0.2) is 0 Å². The van der Waals surface area contributed by atoms with Gasteiger partial charge in [0.05, 0.1) is 22.7 Å². The van der Waals surface area contributed by atoms with Crippen molar-refractivity contribution >= 4 is 34.1 Å². The van der Waals surface area contributed by atoms with Crippen molar-refractivity contribution in [1.82, 2.24) is 20.3 Å². The number of aromatic nitrogens is 3. The minimum Gasteiger partial charge on any atom is -0.438 e. The van der Waals surface area contributed by atoms with E-state index in [4.69, 9.17) is 9.72 Å². The van der Waals surface area contributed by atoms with E-state index in [9.17, 15) is 8.42 Å². The standard InChI is InChI=1S/C28H30N6O3S.ClH/c1-20-11-12-22(34-38(35,36)19-21-7-3-2-4-8-21)17-26(20)37-27-24(10-6-15-30-27)25-13-16-31-28(33-25)32-23-9-5-14-29-18-23;/h2-4,6-8,10-13,15-17,23,29,34H,5,9,14,18-19H2,1H3,(H,31,32,33);1H/t23-;/m0./s1. The Morgan fingerprint density at radius 2 is 1.87 bits per heavy atom. The van der Waals surface area contributed by atoms with Gasteiger partial charge < -0.3 is 15.4 Å². The van der Waals surface area contributed by atoms with E-state index in [1.165, 1.54) is 0 Å². The normalized spacial score (nSPS) is 15.2. The molecule has 3 heterocycles. The van der Waals surface area contributed by atoms with Crippen LogP contribution in [0.4, 0.5) is 11.6 Å². The molecule has 1 saturated heterocycles.